The third-order valence-electron chi connectivity index (χ3n) is 6.92. The monoisotopic (exact) mass is 547 g/mol. The number of benzene rings is 2. The van der Waals surface area contributed by atoms with Gasteiger partial charge < -0.3 is 14.1 Å². The van der Waals surface area contributed by atoms with E-state index in [4.69, 9.17) is 9.26 Å². The van der Waals surface area contributed by atoms with Crippen molar-refractivity contribution in [3.05, 3.63) is 59.7 Å². The molecule has 8 heteroatoms. The lowest BCUT2D eigenvalue weighted by molar-refractivity contribution is -0.116. The average molecular weight is 548 g/mol. The molecule has 0 atom stereocenters. The SMILES string of the molecule is CC(=O)CCc1ccc(OCCCCCCN(O[Si](C)(C)C(C)(C)C)S(=O)(=O)c2ccc(C)cc2)cc1. The number of hydrogen-bond donors (Lipinski definition) is 0. The van der Waals surface area contributed by atoms with Crippen LogP contribution in [0, 0.1) is 6.92 Å². The van der Waals surface area contributed by atoms with E-state index in [-0.39, 0.29) is 15.7 Å². The molecular weight excluding hydrogens is 502 g/mol. The minimum atomic E-state index is -3.75. The highest BCUT2D eigenvalue weighted by atomic mass is 32.2. The topological polar surface area (TPSA) is 72.9 Å². The van der Waals surface area contributed by atoms with Crippen LogP contribution in [0.3, 0.4) is 0 Å². The van der Waals surface area contributed by atoms with Gasteiger partial charge in [0.15, 0.2) is 0 Å². The van der Waals surface area contributed by atoms with Crippen LogP contribution in [0.1, 0.15) is 70.9 Å². The number of aryl methyl sites for hydroxylation is 2. The zero-order valence-corrected chi connectivity index (χ0v) is 25.5. The lowest BCUT2D eigenvalue weighted by Gasteiger charge is -2.39. The average Bonchev–Trinajstić information content (AvgIpc) is 2.81. The number of carbonyl (C=O) groups excluding carboxylic acids is 1. The van der Waals surface area contributed by atoms with Gasteiger partial charge in [-0.25, -0.2) is 8.42 Å². The highest BCUT2D eigenvalue weighted by molar-refractivity contribution is 7.89. The van der Waals surface area contributed by atoms with Gasteiger partial charge in [-0.1, -0.05) is 67.9 Å². The molecule has 0 aliphatic rings. The van der Waals surface area contributed by atoms with E-state index in [1.165, 1.54) is 4.47 Å². The first-order valence-corrected chi connectivity index (χ1v) is 17.6. The van der Waals surface area contributed by atoms with Crippen molar-refractivity contribution < 1.29 is 22.5 Å². The van der Waals surface area contributed by atoms with Crippen LogP contribution in [0.4, 0.5) is 0 Å². The number of carbonyl (C=O) groups is 1. The van der Waals surface area contributed by atoms with Crippen LogP contribution >= 0.6 is 0 Å². The molecule has 2 aromatic carbocycles. The van der Waals surface area contributed by atoms with E-state index in [0.29, 0.717) is 26.0 Å². The van der Waals surface area contributed by atoms with Crippen LogP contribution in [0.15, 0.2) is 53.4 Å². The molecular formula is C29H45NO5SSi. The van der Waals surface area contributed by atoms with Gasteiger partial charge in [-0.15, -0.1) is 0 Å². The fourth-order valence-electron chi connectivity index (χ4n) is 3.39. The summed E-state index contributed by atoms with van der Waals surface area (Å²) in [4.78, 5) is 11.4. The summed E-state index contributed by atoms with van der Waals surface area (Å²) in [5.74, 6) is 1.02. The first-order chi connectivity index (χ1) is 17.2. The zero-order valence-electron chi connectivity index (χ0n) is 23.7. The Morgan fingerprint density at radius 1 is 0.919 bits per heavy atom. The highest BCUT2D eigenvalue weighted by Gasteiger charge is 2.42. The molecule has 2 aromatic rings. The van der Waals surface area contributed by atoms with Crippen LogP contribution in [0.2, 0.25) is 18.1 Å². The predicted molar refractivity (Wildman–Crippen MR) is 153 cm³/mol. The van der Waals surface area contributed by atoms with Crippen LogP contribution in [0.25, 0.3) is 0 Å². The summed E-state index contributed by atoms with van der Waals surface area (Å²) in [6, 6.07) is 14.8. The van der Waals surface area contributed by atoms with Crippen molar-refractivity contribution >= 4 is 24.1 Å². The molecule has 2 rings (SSSR count). The predicted octanol–water partition coefficient (Wildman–Crippen LogP) is 7.08. The van der Waals surface area contributed by atoms with Crippen molar-refractivity contribution in [2.45, 2.75) is 96.2 Å². The fourth-order valence-corrected chi connectivity index (χ4v) is 6.30. The van der Waals surface area contributed by atoms with E-state index in [9.17, 15) is 13.2 Å². The van der Waals surface area contributed by atoms with E-state index in [2.05, 4.69) is 33.9 Å². The Morgan fingerprint density at radius 2 is 1.51 bits per heavy atom. The molecule has 6 nitrogen and oxygen atoms in total. The van der Waals surface area contributed by atoms with Crippen molar-refractivity contribution in [3.63, 3.8) is 0 Å². The second-order valence-corrected chi connectivity index (χ2v) is 17.8. The number of sulfonamides is 1. The van der Waals surface area contributed by atoms with Crippen LogP contribution < -0.4 is 4.74 Å². The van der Waals surface area contributed by atoms with E-state index in [1.807, 2.05) is 43.3 Å². The molecule has 0 aromatic heterocycles. The van der Waals surface area contributed by atoms with Gasteiger partial charge >= 0.3 is 0 Å². The number of hydrogen-bond acceptors (Lipinski definition) is 5. The Bertz CT molecular complexity index is 1090. The molecule has 0 bridgehead atoms. The van der Waals surface area contributed by atoms with Crippen LogP contribution in [-0.2, 0) is 25.8 Å². The van der Waals surface area contributed by atoms with Gasteiger partial charge in [0.2, 0.25) is 8.32 Å². The Kier molecular flexibility index (Phi) is 11.6. The molecule has 0 amide bonds. The maximum Gasteiger partial charge on any atom is 0.264 e. The Balaban J connectivity index is 1.87. The van der Waals surface area contributed by atoms with Crippen molar-refractivity contribution in [2.24, 2.45) is 0 Å². The molecule has 206 valence electrons. The molecule has 0 saturated heterocycles. The van der Waals surface area contributed by atoms with Gasteiger partial charge in [-0.05, 0) is 81.1 Å². The van der Waals surface area contributed by atoms with Crippen molar-refractivity contribution in [3.8, 4) is 5.75 Å². The zero-order chi connectivity index (χ0) is 27.7. The number of Topliss-reactive ketones (excluding diaryl/α,β-unsaturated/α-hetero) is 1. The summed E-state index contributed by atoms with van der Waals surface area (Å²) in [5.41, 5.74) is 2.15. The van der Waals surface area contributed by atoms with E-state index in [1.54, 1.807) is 19.1 Å². The van der Waals surface area contributed by atoms with Gasteiger partial charge in [-0.2, -0.15) is 0 Å². The Morgan fingerprint density at radius 3 is 2.08 bits per heavy atom. The molecule has 0 unspecified atom stereocenters. The maximum atomic E-state index is 13.5. The first-order valence-electron chi connectivity index (χ1n) is 13.2. The summed E-state index contributed by atoms with van der Waals surface area (Å²) in [5, 5.41) is -0.114. The molecule has 37 heavy (non-hydrogen) atoms. The molecule has 0 aliphatic heterocycles. The van der Waals surface area contributed by atoms with E-state index in [0.717, 1.165) is 42.6 Å². The second kappa shape index (κ2) is 13.7. The number of unbranched alkanes of at least 4 members (excludes halogenated alkanes) is 3. The fraction of sp³-hybridized carbons (Fsp3) is 0.552. The molecule has 0 spiro atoms. The maximum absolute atomic E-state index is 13.5. The van der Waals surface area contributed by atoms with Gasteiger partial charge in [0.25, 0.3) is 10.0 Å². The van der Waals surface area contributed by atoms with E-state index < -0.39 is 18.3 Å². The number of nitrogens with zero attached hydrogens (tertiary/aromatic N) is 1. The van der Waals surface area contributed by atoms with E-state index >= 15 is 0 Å². The third kappa shape index (κ3) is 10.00. The summed E-state index contributed by atoms with van der Waals surface area (Å²) in [6.07, 6.45) is 4.74. The molecule has 0 saturated carbocycles. The Hall–Kier alpha value is -2.00. The smallest absolute Gasteiger partial charge is 0.264 e. The molecule has 0 aliphatic carbocycles. The molecule has 0 radical (unpaired) electrons. The van der Waals surface area contributed by atoms with Gasteiger partial charge in [-0.3, -0.25) is 0 Å². The number of ether oxygens (including phenoxy) is 1. The number of rotatable bonds is 15. The summed E-state index contributed by atoms with van der Waals surface area (Å²) < 4.78 is 40.3. The summed E-state index contributed by atoms with van der Waals surface area (Å²) >= 11 is 0. The lowest BCUT2D eigenvalue weighted by atomic mass is 10.1. The standard InChI is InChI=1S/C29H45NO5SSi/c1-24-12-20-28(21-13-24)36(32,33)30(35-37(6,7)29(3,4)5)22-10-8-9-11-23-34-27-18-16-26(17-19-27)15-14-25(2)31/h12-13,16-21H,8-11,14-15,22-23H2,1-7H3. The minimum absolute atomic E-state index is 0.114. The molecule has 0 N–H and O–H groups in total. The normalized spacial score (nSPS) is 12.6. The first kappa shape index (κ1) is 31.2. The van der Waals surface area contributed by atoms with Crippen molar-refractivity contribution in [1.82, 2.24) is 4.47 Å². The molecule has 0 fully saturated rings. The lowest BCUT2D eigenvalue weighted by Crippen LogP contribution is -2.48. The highest BCUT2D eigenvalue weighted by Crippen LogP contribution is 2.38. The number of hydroxylamine groups is 1. The van der Waals surface area contributed by atoms with Gasteiger partial charge in [0.1, 0.15) is 11.5 Å². The van der Waals surface area contributed by atoms with Crippen molar-refractivity contribution in [1.29, 1.82) is 0 Å². The van der Waals surface area contributed by atoms with Crippen LogP contribution in [0.5, 0.6) is 5.75 Å². The number of ketones is 1. The van der Waals surface area contributed by atoms with Crippen molar-refractivity contribution in [2.75, 3.05) is 13.2 Å². The molecule has 0 heterocycles. The second-order valence-electron chi connectivity index (χ2n) is 11.3. The summed E-state index contributed by atoms with van der Waals surface area (Å²) in [6.45, 7) is 14.9. The van der Waals surface area contributed by atoms with Gasteiger partial charge in [0, 0.05) is 13.0 Å². The van der Waals surface area contributed by atoms with Gasteiger partial charge in [0.05, 0.1) is 11.5 Å². The largest absolute Gasteiger partial charge is 0.494 e. The van der Waals surface area contributed by atoms with Crippen LogP contribution in [-0.4, -0.2) is 40.1 Å². The Labute approximate surface area is 225 Å². The summed E-state index contributed by atoms with van der Waals surface area (Å²) in [7, 11) is -6.10. The minimum Gasteiger partial charge on any atom is -0.494 e. The quantitative estimate of drug-likeness (QED) is 0.135. The third-order valence-corrected chi connectivity index (χ3v) is 13.0.